The number of nitrogens with two attached hydrogens (primary N) is 1. The van der Waals surface area contributed by atoms with Crippen molar-refractivity contribution in [3.8, 4) is 5.75 Å². The summed E-state index contributed by atoms with van der Waals surface area (Å²) in [4.78, 5) is 5.41. The third-order valence-electron chi connectivity index (χ3n) is 3.18. The number of rotatable bonds is 4. The highest BCUT2D eigenvalue weighted by molar-refractivity contribution is 7.11. The molecule has 2 aromatic rings. The van der Waals surface area contributed by atoms with Crippen LogP contribution in [-0.2, 0) is 0 Å². The van der Waals surface area contributed by atoms with Crippen LogP contribution in [0.5, 0.6) is 5.75 Å². The Balaban J connectivity index is 2.47. The average molecular weight is 277 g/mol. The van der Waals surface area contributed by atoms with Crippen molar-refractivity contribution in [2.24, 2.45) is 5.84 Å². The molecule has 0 radical (unpaired) electrons. The number of ether oxygens (including phenoxy) is 1. The van der Waals surface area contributed by atoms with Crippen LogP contribution in [0, 0.1) is 20.8 Å². The summed E-state index contributed by atoms with van der Waals surface area (Å²) < 4.78 is 5.34. The second-order valence-corrected chi connectivity index (χ2v) is 5.83. The Morgan fingerprint density at radius 3 is 2.53 bits per heavy atom. The molecule has 1 heterocycles. The molecule has 1 unspecified atom stereocenters. The van der Waals surface area contributed by atoms with Crippen LogP contribution in [-0.4, -0.2) is 12.1 Å². The van der Waals surface area contributed by atoms with Gasteiger partial charge in [-0.25, -0.2) is 10.4 Å². The predicted octanol–water partition coefficient (Wildman–Crippen LogP) is 2.63. The Hall–Kier alpha value is -1.43. The second kappa shape index (κ2) is 5.69. The van der Waals surface area contributed by atoms with E-state index >= 15 is 0 Å². The van der Waals surface area contributed by atoms with Crippen molar-refractivity contribution in [3.63, 3.8) is 0 Å². The fourth-order valence-electron chi connectivity index (χ4n) is 2.18. The van der Waals surface area contributed by atoms with Gasteiger partial charge in [0, 0.05) is 11.1 Å². The van der Waals surface area contributed by atoms with Gasteiger partial charge < -0.3 is 4.74 Å². The highest BCUT2D eigenvalue weighted by Gasteiger charge is 2.18. The lowest BCUT2D eigenvalue weighted by atomic mass is 9.98. The topological polar surface area (TPSA) is 60.2 Å². The molecule has 1 atom stereocenters. The van der Waals surface area contributed by atoms with E-state index in [0.717, 1.165) is 32.3 Å². The van der Waals surface area contributed by atoms with E-state index in [1.54, 1.807) is 18.4 Å². The maximum atomic E-state index is 5.73. The number of thiazole rings is 1. The van der Waals surface area contributed by atoms with Gasteiger partial charge in [-0.1, -0.05) is 6.07 Å². The van der Waals surface area contributed by atoms with Crippen molar-refractivity contribution in [3.05, 3.63) is 44.9 Å². The SMILES string of the molecule is COc1cc(C)c(C(NN)c2cnc(C)s2)cc1C. The molecule has 0 saturated carbocycles. The number of aromatic nitrogens is 1. The Morgan fingerprint density at radius 2 is 2.00 bits per heavy atom. The Bertz CT molecular complexity index is 580. The van der Waals surface area contributed by atoms with E-state index in [2.05, 4.69) is 23.4 Å². The second-order valence-electron chi connectivity index (χ2n) is 4.56. The van der Waals surface area contributed by atoms with Crippen molar-refractivity contribution >= 4 is 11.3 Å². The quantitative estimate of drug-likeness (QED) is 0.666. The first-order valence-corrected chi connectivity index (χ1v) is 6.92. The van der Waals surface area contributed by atoms with E-state index < -0.39 is 0 Å². The molecular weight excluding hydrogens is 258 g/mol. The lowest BCUT2D eigenvalue weighted by Crippen LogP contribution is -2.28. The van der Waals surface area contributed by atoms with E-state index in [9.17, 15) is 0 Å². The largest absolute Gasteiger partial charge is 0.496 e. The molecule has 0 amide bonds. The average Bonchev–Trinajstić information content (AvgIpc) is 2.80. The summed E-state index contributed by atoms with van der Waals surface area (Å²) in [6.45, 7) is 6.09. The van der Waals surface area contributed by atoms with E-state index in [-0.39, 0.29) is 6.04 Å². The monoisotopic (exact) mass is 277 g/mol. The van der Waals surface area contributed by atoms with Gasteiger partial charge >= 0.3 is 0 Å². The number of benzene rings is 1. The summed E-state index contributed by atoms with van der Waals surface area (Å²) in [6.07, 6.45) is 1.88. The van der Waals surface area contributed by atoms with Crippen molar-refractivity contribution in [2.45, 2.75) is 26.8 Å². The number of methoxy groups -OCH3 is 1. The van der Waals surface area contributed by atoms with Crippen LogP contribution in [0.1, 0.15) is 32.6 Å². The highest BCUT2D eigenvalue weighted by atomic mass is 32.1. The molecule has 3 N–H and O–H groups in total. The first-order chi connectivity index (χ1) is 9.06. The number of hydrogen-bond donors (Lipinski definition) is 2. The summed E-state index contributed by atoms with van der Waals surface area (Å²) in [5, 5.41) is 1.04. The zero-order chi connectivity index (χ0) is 14.0. The standard InChI is InChI=1S/C14H19N3OS/c1-8-6-12(18-4)9(2)5-11(8)14(17-15)13-7-16-10(3)19-13/h5-7,14,17H,15H2,1-4H3. The fourth-order valence-corrected chi connectivity index (χ4v) is 3.04. The molecule has 0 aliphatic carbocycles. The maximum Gasteiger partial charge on any atom is 0.122 e. The summed E-state index contributed by atoms with van der Waals surface area (Å²) in [7, 11) is 1.69. The van der Waals surface area contributed by atoms with Crippen LogP contribution in [0.2, 0.25) is 0 Å². The minimum absolute atomic E-state index is 0.0317. The van der Waals surface area contributed by atoms with Gasteiger partial charge in [0.25, 0.3) is 0 Å². The third kappa shape index (κ3) is 2.78. The van der Waals surface area contributed by atoms with Gasteiger partial charge in [0.1, 0.15) is 5.75 Å². The fraction of sp³-hybridized carbons (Fsp3) is 0.357. The molecule has 0 aliphatic rings. The molecule has 102 valence electrons. The summed E-state index contributed by atoms with van der Waals surface area (Å²) in [6, 6.07) is 4.13. The first kappa shape index (κ1) is 14.0. The van der Waals surface area contributed by atoms with E-state index in [1.807, 2.05) is 26.1 Å². The molecule has 5 heteroatoms. The van der Waals surface area contributed by atoms with Crippen LogP contribution in [0.4, 0.5) is 0 Å². The van der Waals surface area contributed by atoms with Gasteiger partial charge in [-0.15, -0.1) is 11.3 Å². The van der Waals surface area contributed by atoms with Gasteiger partial charge in [-0.2, -0.15) is 0 Å². The Morgan fingerprint density at radius 1 is 1.26 bits per heavy atom. The first-order valence-electron chi connectivity index (χ1n) is 6.10. The van der Waals surface area contributed by atoms with E-state index in [1.165, 1.54) is 0 Å². The number of nitrogens with zero attached hydrogens (tertiary/aromatic N) is 1. The number of hydrogen-bond acceptors (Lipinski definition) is 5. The third-order valence-corrected chi connectivity index (χ3v) is 4.16. The van der Waals surface area contributed by atoms with Gasteiger partial charge in [0.15, 0.2) is 0 Å². The van der Waals surface area contributed by atoms with Gasteiger partial charge in [-0.3, -0.25) is 5.84 Å². The summed E-state index contributed by atoms with van der Waals surface area (Å²) in [5.41, 5.74) is 6.29. The minimum atomic E-state index is -0.0317. The minimum Gasteiger partial charge on any atom is -0.496 e. The molecule has 0 bridgehead atoms. The van der Waals surface area contributed by atoms with Crippen LogP contribution < -0.4 is 16.0 Å². The Kier molecular flexibility index (Phi) is 4.19. The number of nitrogens with one attached hydrogen (secondary N) is 1. The molecule has 0 saturated heterocycles. The zero-order valence-electron chi connectivity index (χ0n) is 11.7. The molecule has 0 fully saturated rings. The lowest BCUT2D eigenvalue weighted by molar-refractivity contribution is 0.411. The van der Waals surface area contributed by atoms with Crippen molar-refractivity contribution in [1.82, 2.24) is 10.4 Å². The molecule has 2 rings (SSSR count). The van der Waals surface area contributed by atoms with Crippen LogP contribution in [0.3, 0.4) is 0 Å². The number of aryl methyl sites for hydroxylation is 3. The molecule has 0 aliphatic heterocycles. The smallest absolute Gasteiger partial charge is 0.122 e. The van der Waals surface area contributed by atoms with Crippen LogP contribution in [0.15, 0.2) is 18.3 Å². The van der Waals surface area contributed by atoms with E-state index in [0.29, 0.717) is 0 Å². The van der Waals surface area contributed by atoms with Gasteiger partial charge in [-0.05, 0) is 43.5 Å². The number of hydrazine groups is 1. The lowest BCUT2D eigenvalue weighted by Gasteiger charge is -2.19. The normalized spacial score (nSPS) is 12.5. The molecular formula is C14H19N3OS. The maximum absolute atomic E-state index is 5.73. The summed E-state index contributed by atoms with van der Waals surface area (Å²) >= 11 is 1.65. The molecule has 1 aromatic carbocycles. The molecule has 1 aromatic heterocycles. The van der Waals surface area contributed by atoms with Crippen molar-refractivity contribution in [1.29, 1.82) is 0 Å². The van der Waals surface area contributed by atoms with Crippen molar-refractivity contribution in [2.75, 3.05) is 7.11 Å². The van der Waals surface area contributed by atoms with Crippen LogP contribution in [0.25, 0.3) is 0 Å². The summed E-state index contributed by atoms with van der Waals surface area (Å²) in [5.74, 6) is 6.63. The molecule has 19 heavy (non-hydrogen) atoms. The zero-order valence-corrected chi connectivity index (χ0v) is 12.5. The molecule has 0 spiro atoms. The Labute approximate surface area is 117 Å². The van der Waals surface area contributed by atoms with Crippen molar-refractivity contribution < 1.29 is 4.74 Å². The highest BCUT2D eigenvalue weighted by Crippen LogP contribution is 2.32. The van der Waals surface area contributed by atoms with Crippen LogP contribution >= 0.6 is 11.3 Å². The van der Waals surface area contributed by atoms with Gasteiger partial charge in [0.2, 0.25) is 0 Å². The van der Waals surface area contributed by atoms with Gasteiger partial charge in [0.05, 0.1) is 18.2 Å². The van der Waals surface area contributed by atoms with E-state index in [4.69, 9.17) is 10.6 Å². The molecule has 4 nitrogen and oxygen atoms in total. The predicted molar refractivity (Wildman–Crippen MR) is 78.5 cm³/mol.